The van der Waals surface area contributed by atoms with Gasteiger partial charge < -0.3 is 15.1 Å². The van der Waals surface area contributed by atoms with Crippen LogP contribution in [-0.2, 0) is 11.3 Å². The maximum atomic E-state index is 13.9. The molecule has 3 aliphatic rings. The molecule has 2 fully saturated rings. The monoisotopic (exact) mass is 424 g/mol. The van der Waals surface area contributed by atoms with Crippen LogP contribution < -0.4 is 15.1 Å². The Kier molecular flexibility index (Phi) is 4.94. The second-order valence-electron chi connectivity index (χ2n) is 8.21. The van der Waals surface area contributed by atoms with Gasteiger partial charge in [0.2, 0.25) is 5.91 Å². The lowest BCUT2D eigenvalue weighted by molar-refractivity contribution is -0.117. The number of anilines is 3. The van der Waals surface area contributed by atoms with Gasteiger partial charge in [-0.1, -0.05) is 0 Å². The zero-order valence-corrected chi connectivity index (χ0v) is 16.9. The Morgan fingerprint density at radius 2 is 1.87 bits per heavy atom. The fourth-order valence-corrected chi connectivity index (χ4v) is 4.69. The standard InChI is InChI=1S/C22H22F2N6O/c23-17-9-15(10-18(24)16(17)11-25)29-6-4-28(5-7-29)13-14-8-19-21(26-12-14)30-3-1-2-20(30)22(31)27-19/h8-10,12,20H,1-7,13H2,(H,27,31)/t20-/m0/s1. The van der Waals surface area contributed by atoms with Gasteiger partial charge in [0.15, 0.2) is 5.82 Å². The Morgan fingerprint density at radius 1 is 1.13 bits per heavy atom. The van der Waals surface area contributed by atoms with Crippen LogP contribution in [0.3, 0.4) is 0 Å². The van der Waals surface area contributed by atoms with Crippen LogP contribution in [0.2, 0.25) is 0 Å². The van der Waals surface area contributed by atoms with Gasteiger partial charge in [-0.25, -0.2) is 13.8 Å². The lowest BCUT2D eigenvalue weighted by atomic mass is 10.1. The fourth-order valence-electron chi connectivity index (χ4n) is 4.69. The number of nitrogens with zero attached hydrogens (tertiary/aromatic N) is 5. The molecule has 2 aromatic rings. The van der Waals surface area contributed by atoms with E-state index in [0.29, 0.717) is 25.3 Å². The molecule has 0 spiro atoms. The van der Waals surface area contributed by atoms with E-state index in [0.717, 1.165) is 49.5 Å². The van der Waals surface area contributed by atoms with Gasteiger partial charge in [-0.3, -0.25) is 9.69 Å². The van der Waals surface area contributed by atoms with Crippen molar-refractivity contribution < 1.29 is 13.6 Å². The van der Waals surface area contributed by atoms with Crippen LogP contribution >= 0.6 is 0 Å². The zero-order chi connectivity index (χ0) is 21.5. The second kappa shape index (κ2) is 7.78. The summed E-state index contributed by atoms with van der Waals surface area (Å²) in [6.45, 7) is 4.23. The number of aromatic nitrogens is 1. The van der Waals surface area contributed by atoms with Crippen molar-refractivity contribution in [1.82, 2.24) is 9.88 Å². The number of hydrogen-bond acceptors (Lipinski definition) is 6. The Labute approximate surface area is 178 Å². The van der Waals surface area contributed by atoms with Gasteiger partial charge in [-0.05, 0) is 36.6 Å². The first kappa shape index (κ1) is 19.7. The van der Waals surface area contributed by atoms with E-state index in [1.165, 1.54) is 12.1 Å². The van der Waals surface area contributed by atoms with Crippen LogP contribution in [0.4, 0.5) is 26.0 Å². The number of fused-ring (bicyclic) bond motifs is 3. The number of carbonyl (C=O) groups is 1. The molecule has 1 amide bonds. The molecule has 0 bridgehead atoms. The number of nitriles is 1. The molecule has 160 valence electrons. The van der Waals surface area contributed by atoms with Gasteiger partial charge in [0.1, 0.15) is 29.3 Å². The molecule has 9 heteroatoms. The van der Waals surface area contributed by atoms with Crippen LogP contribution in [0.15, 0.2) is 24.4 Å². The highest BCUT2D eigenvalue weighted by molar-refractivity contribution is 6.03. The van der Waals surface area contributed by atoms with Crippen molar-refractivity contribution in [2.45, 2.75) is 25.4 Å². The molecule has 0 aliphatic carbocycles. The maximum Gasteiger partial charge on any atom is 0.247 e. The number of benzene rings is 1. The van der Waals surface area contributed by atoms with E-state index in [9.17, 15) is 13.6 Å². The van der Waals surface area contributed by atoms with Crippen LogP contribution in [-0.4, -0.2) is 54.6 Å². The van der Waals surface area contributed by atoms with Crippen molar-refractivity contribution >= 4 is 23.1 Å². The van der Waals surface area contributed by atoms with Crippen LogP contribution in [0.1, 0.15) is 24.0 Å². The molecular formula is C22H22F2N6O. The minimum Gasteiger partial charge on any atom is -0.369 e. The number of rotatable bonds is 3. The highest BCUT2D eigenvalue weighted by Gasteiger charge is 2.37. The largest absolute Gasteiger partial charge is 0.369 e. The first-order valence-corrected chi connectivity index (χ1v) is 10.5. The van der Waals surface area contributed by atoms with Crippen molar-refractivity contribution in [3.63, 3.8) is 0 Å². The Balaban J connectivity index is 1.24. The maximum absolute atomic E-state index is 13.9. The van der Waals surface area contributed by atoms with Gasteiger partial charge in [-0.2, -0.15) is 5.26 Å². The first-order chi connectivity index (χ1) is 15.0. The summed E-state index contributed by atoms with van der Waals surface area (Å²) in [6, 6.07) is 5.89. The van der Waals surface area contributed by atoms with E-state index >= 15 is 0 Å². The van der Waals surface area contributed by atoms with E-state index in [1.807, 2.05) is 17.2 Å². The zero-order valence-electron chi connectivity index (χ0n) is 16.9. The van der Waals surface area contributed by atoms with E-state index in [1.54, 1.807) is 6.07 Å². The lowest BCUT2D eigenvalue weighted by Gasteiger charge is -2.36. The summed E-state index contributed by atoms with van der Waals surface area (Å²) in [5, 5.41) is 11.8. The van der Waals surface area contributed by atoms with Crippen LogP contribution in [0.5, 0.6) is 0 Å². The van der Waals surface area contributed by atoms with Crippen LogP contribution in [0.25, 0.3) is 0 Å². The predicted octanol–water partition coefficient (Wildman–Crippen LogP) is 2.47. The number of amides is 1. The normalized spacial score (nSPS) is 20.8. The highest BCUT2D eigenvalue weighted by Crippen LogP contribution is 2.35. The lowest BCUT2D eigenvalue weighted by Crippen LogP contribution is -2.46. The van der Waals surface area contributed by atoms with Crippen LogP contribution in [0, 0.1) is 23.0 Å². The van der Waals surface area contributed by atoms with E-state index in [-0.39, 0.29) is 11.9 Å². The minimum atomic E-state index is -0.831. The topological polar surface area (TPSA) is 75.5 Å². The molecule has 3 aliphatic heterocycles. The van der Waals surface area contributed by atoms with Crippen molar-refractivity contribution in [2.24, 2.45) is 0 Å². The van der Waals surface area contributed by atoms with Gasteiger partial charge in [0.25, 0.3) is 0 Å². The van der Waals surface area contributed by atoms with Crippen molar-refractivity contribution in [1.29, 1.82) is 5.26 Å². The SMILES string of the molecule is N#Cc1c(F)cc(N2CCN(Cc3cnc4c(c3)NC(=O)[C@@H]3CCCN43)CC2)cc1F. The first-order valence-electron chi connectivity index (χ1n) is 10.5. The summed E-state index contributed by atoms with van der Waals surface area (Å²) >= 11 is 0. The summed E-state index contributed by atoms with van der Waals surface area (Å²) < 4.78 is 27.9. The second-order valence-corrected chi connectivity index (χ2v) is 8.21. The van der Waals surface area contributed by atoms with Gasteiger partial charge >= 0.3 is 0 Å². The van der Waals surface area contributed by atoms with Crippen molar-refractivity contribution in [3.05, 3.63) is 47.2 Å². The molecule has 4 heterocycles. The average Bonchev–Trinajstić information content (AvgIpc) is 3.25. The van der Waals surface area contributed by atoms with E-state index in [2.05, 4.69) is 20.1 Å². The van der Waals surface area contributed by atoms with Gasteiger partial charge in [0.05, 0.1) is 5.69 Å². The molecule has 0 unspecified atom stereocenters. The molecule has 2 saturated heterocycles. The molecule has 7 nitrogen and oxygen atoms in total. The van der Waals surface area contributed by atoms with E-state index < -0.39 is 17.2 Å². The molecule has 1 atom stereocenters. The summed E-state index contributed by atoms with van der Waals surface area (Å²) in [5.74, 6) is -0.773. The number of hydrogen-bond donors (Lipinski definition) is 1. The minimum absolute atomic E-state index is 0.0412. The molecule has 5 rings (SSSR count). The third kappa shape index (κ3) is 3.57. The summed E-state index contributed by atoms with van der Waals surface area (Å²) in [4.78, 5) is 23.2. The molecule has 0 saturated carbocycles. The van der Waals surface area contributed by atoms with Gasteiger partial charge in [0, 0.05) is 51.2 Å². The van der Waals surface area contributed by atoms with E-state index in [4.69, 9.17) is 5.26 Å². The Hall–Kier alpha value is -3.25. The number of nitrogens with one attached hydrogen (secondary N) is 1. The number of piperazine rings is 1. The smallest absolute Gasteiger partial charge is 0.247 e. The average molecular weight is 424 g/mol. The third-order valence-corrected chi connectivity index (χ3v) is 6.29. The van der Waals surface area contributed by atoms with Crippen molar-refractivity contribution in [2.75, 3.05) is 47.8 Å². The summed E-state index contributed by atoms with van der Waals surface area (Å²) in [5.41, 5.74) is 1.69. The number of pyridine rings is 1. The predicted molar refractivity (Wildman–Crippen MR) is 112 cm³/mol. The Bertz CT molecular complexity index is 1050. The quantitative estimate of drug-likeness (QED) is 0.816. The fraction of sp³-hybridized carbons (Fsp3) is 0.409. The number of carbonyl (C=O) groups excluding carboxylic acids is 1. The van der Waals surface area contributed by atoms with Gasteiger partial charge in [-0.15, -0.1) is 0 Å². The molecule has 31 heavy (non-hydrogen) atoms. The third-order valence-electron chi connectivity index (χ3n) is 6.29. The molecule has 1 N–H and O–H groups in total. The molecule has 1 aromatic carbocycles. The highest BCUT2D eigenvalue weighted by atomic mass is 19.1. The summed E-state index contributed by atoms with van der Waals surface area (Å²) in [6.07, 6.45) is 3.73. The Morgan fingerprint density at radius 3 is 2.58 bits per heavy atom. The van der Waals surface area contributed by atoms with Crippen molar-refractivity contribution in [3.8, 4) is 6.07 Å². The molecule has 1 aromatic heterocycles. The number of halogens is 2. The molecule has 0 radical (unpaired) electrons. The molecular weight excluding hydrogens is 402 g/mol. The summed E-state index contributed by atoms with van der Waals surface area (Å²) in [7, 11) is 0.